The quantitative estimate of drug-likeness (QED) is 0.229. The van der Waals surface area contributed by atoms with E-state index in [4.69, 9.17) is 4.74 Å². The number of hydrogen-bond acceptors (Lipinski definition) is 6. The van der Waals surface area contributed by atoms with Crippen molar-refractivity contribution < 1.29 is 21.9 Å². The molecule has 0 unspecified atom stereocenters. The summed E-state index contributed by atoms with van der Waals surface area (Å²) in [6.07, 6.45) is 1.86. The van der Waals surface area contributed by atoms with Crippen molar-refractivity contribution in [1.82, 2.24) is 9.97 Å². The van der Waals surface area contributed by atoms with Crippen LogP contribution >= 0.6 is 11.3 Å². The van der Waals surface area contributed by atoms with Crippen LogP contribution in [-0.2, 0) is 10.0 Å². The molecular weight excluding hydrogens is 528 g/mol. The summed E-state index contributed by atoms with van der Waals surface area (Å²) in [6.45, 7) is 10.6. The van der Waals surface area contributed by atoms with E-state index < -0.39 is 21.8 Å². The van der Waals surface area contributed by atoms with Crippen LogP contribution in [0.5, 0.6) is 5.75 Å². The third-order valence-corrected chi connectivity index (χ3v) is 8.32. The van der Waals surface area contributed by atoms with Crippen molar-refractivity contribution in [1.29, 1.82) is 0 Å². The largest absolute Gasteiger partial charge is 0.493 e. The van der Waals surface area contributed by atoms with E-state index in [1.807, 2.05) is 32.0 Å². The second-order valence-electron chi connectivity index (χ2n) is 10.2. The Morgan fingerprint density at radius 3 is 2.39 bits per heavy atom. The Hall–Kier alpha value is -3.37. The number of pyridine rings is 1. The van der Waals surface area contributed by atoms with E-state index in [0.29, 0.717) is 28.5 Å². The smallest absolute Gasteiger partial charge is 0.263 e. The summed E-state index contributed by atoms with van der Waals surface area (Å²) in [6, 6.07) is 12.2. The SMILES string of the molecule is Cc1cccc(C)c1-c1nc(NS(=O)(=O)c2ccnc(F)c2)sc1-c1cc(F)cc(OCCC(C)(C)C)c1. The number of thiazole rings is 1. The van der Waals surface area contributed by atoms with Gasteiger partial charge in [-0.25, -0.2) is 22.8 Å². The minimum atomic E-state index is -4.15. The number of nitrogens with one attached hydrogen (secondary N) is 1. The number of nitrogens with zero attached hydrogens (tertiary/aromatic N) is 2. The van der Waals surface area contributed by atoms with Gasteiger partial charge in [0.1, 0.15) is 11.6 Å². The van der Waals surface area contributed by atoms with Gasteiger partial charge in [-0.2, -0.15) is 4.39 Å². The monoisotopic (exact) mass is 557 g/mol. The number of halogens is 2. The van der Waals surface area contributed by atoms with Gasteiger partial charge >= 0.3 is 0 Å². The Balaban J connectivity index is 1.80. The highest BCUT2D eigenvalue weighted by Crippen LogP contribution is 2.43. The van der Waals surface area contributed by atoms with Gasteiger partial charge in [0.05, 0.1) is 22.1 Å². The molecule has 0 aliphatic carbocycles. The molecule has 2 aromatic carbocycles. The van der Waals surface area contributed by atoms with Crippen molar-refractivity contribution in [3.63, 3.8) is 0 Å². The zero-order valence-electron chi connectivity index (χ0n) is 21.8. The fourth-order valence-electron chi connectivity index (χ4n) is 3.89. The molecule has 10 heteroatoms. The van der Waals surface area contributed by atoms with E-state index in [2.05, 4.69) is 35.5 Å². The maximum absolute atomic E-state index is 14.8. The average molecular weight is 558 g/mol. The lowest BCUT2D eigenvalue weighted by Crippen LogP contribution is -2.13. The summed E-state index contributed by atoms with van der Waals surface area (Å²) in [5, 5.41) is 0.0642. The average Bonchev–Trinajstić information content (AvgIpc) is 3.20. The van der Waals surface area contributed by atoms with E-state index >= 15 is 0 Å². The van der Waals surface area contributed by atoms with Crippen molar-refractivity contribution in [3.05, 3.63) is 77.6 Å². The molecule has 0 atom stereocenters. The molecule has 6 nitrogen and oxygen atoms in total. The molecule has 0 saturated heterocycles. The number of sulfonamides is 1. The highest BCUT2D eigenvalue weighted by molar-refractivity contribution is 7.93. The zero-order valence-corrected chi connectivity index (χ0v) is 23.4. The molecule has 0 spiro atoms. The second kappa shape index (κ2) is 10.8. The van der Waals surface area contributed by atoms with Crippen LogP contribution in [-0.4, -0.2) is 25.0 Å². The second-order valence-corrected chi connectivity index (χ2v) is 12.9. The zero-order chi connectivity index (χ0) is 27.7. The highest BCUT2D eigenvalue weighted by Gasteiger charge is 2.23. The van der Waals surface area contributed by atoms with Gasteiger partial charge in [-0.1, -0.05) is 50.3 Å². The predicted octanol–water partition coefficient (Wildman–Crippen LogP) is 7.38. The molecule has 0 saturated carbocycles. The Morgan fingerprint density at radius 2 is 1.74 bits per heavy atom. The molecule has 1 N–H and O–H groups in total. The predicted molar refractivity (Wildman–Crippen MR) is 147 cm³/mol. The Morgan fingerprint density at radius 1 is 1.03 bits per heavy atom. The molecular formula is C28H29F2N3O3S2. The van der Waals surface area contributed by atoms with Crippen LogP contribution < -0.4 is 9.46 Å². The van der Waals surface area contributed by atoms with Gasteiger partial charge in [-0.05, 0) is 55.0 Å². The molecule has 4 rings (SSSR count). The van der Waals surface area contributed by atoms with E-state index in [-0.39, 0.29) is 15.4 Å². The number of hydrogen-bond donors (Lipinski definition) is 1. The molecule has 0 fully saturated rings. The molecule has 0 radical (unpaired) electrons. The van der Waals surface area contributed by atoms with Gasteiger partial charge in [0.15, 0.2) is 5.13 Å². The topological polar surface area (TPSA) is 81.2 Å². The first kappa shape index (κ1) is 27.7. The summed E-state index contributed by atoms with van der Waals surface area (Å²) < 4.78 is 62.6. The highest BCUT2D eigenvalue weighted by atomic mass is 32.2. The maximum Gasteiger partial charge on any atom is 0.263 e. The van der Waals surface area contributed by atoms with Gasteiger partial charge in [0, 0.05) is 29.5 Å². The van der Waals surface area contributed by atoms with Crippen LogP contribution in [0.2, 0.25) is 0 Å². The number of ether oxygens (including phenoxy) is 1. The van der Waals surface area contributed by atoms with Crippen LogP contribution in [0.15, 0.2) is 59.6 Å². The Kier molecular flexibility index (Phi) is 7.85. The molecule has 200 valence electrons. The van der Waals surface area contributed by atoms with Crippen molar-refractivity contribution in [2.24, 2.45) is 5.41 Å². The molecule has 2 heterocycles. The first-order valence-corrected chi connectivity index (χ1v) is 14.3. The third kappa shape index (κ3) is 6.54. The number of aryl methyl sites for hydroxylation is 2. The maximum atomic E-state index is 14.8. The van der Waals surface area contributed by atoms with E-state index in [1.165, 1.54) is 18.2 Å². The number of benzene rings is 2. The third-order valence-electron chi connectivity index (χ3n) is 5.83. The standard InChI is InChI=1S/C28H29F2N3O3S2/c1-17-7-6-8-18(2)24(17)25-26(19-13-20(29)15-21(14-19)36-12-10-28(3,4)5)37-27(32-25)33-38(34,35)22-9-11-31-23(30)16-22/h6-9,11,13-16H,10,12H2,1-5H3,(H,32,33). The van der Waals surface area contributed by atoms with Crippen LogP contribution in [0.25, 0.3) is 21.7 Å². The normalized spacial score (nSPS) is 12.0. The van der Waals surface area contributed by atoms with E-state index in [9.17, 15) is 17.2 Å². The minimum Gasteiger partial charge on any atom is -0.493 e. The van der Waals surface area contributed by atoms with Crippen molar-refractivity contribution in [2.45, 2.75) is 45.9 Å². The summed E-state index contributed by atoms with van der Waals surface area (Å²) in [7, 11) is -4.15. The Bertz CT molecular complexity index is 1560. The minimum absolute atomic E-state index is 0.0627. The lowest BCUT2D eigenvalue weighted by Gasteiger charge is -2.18. The van der Waals surface area contributed by atoms with Crippen LogP contribution in [0, 0.1) is 31.0 Å². The van der Waals surface area contributed by atoms with Gasteiger partial charge in [0.2, 0.25) is 5.95 Å². The molecule has 38 heavy (non-hydrogen) atoms. The van der Waals surface area contributed by atoms with Crippen molar-refractivity contribution >= 4 is 26.5 Å². The van der Waals surface area contributed by atoms with Crippen LogP contribution in [0.3, 0.4) is 0 Å². The molecule has 0 aliphatic rings. The number of anilines is 1. The van der Waals surface area contributed by atoms with E-state index in [0.717, 1.165) is 46.7 Å². The summed E-state index contributed by atoms with van der Waals surface area (Å²) in [4.78, 5) is 8.32. The van der Waals surface area contributed by atoms with Crippen molar-refractivity contribution in [2.75, 3.05) is 11.3 Å². The number of rotatable bonds is 8. The van der Waals surface area contributed by atoms with E-state index in [1.54, 1.807) is 6.07 Å². The van der Waals surface area contributed by atoms with Gasteiger partial charge in [-0.3, -0.25) is 4.72 Å². The fraction of sp³-hybridized carbons (Fsp3) is 0.286. The van der Waals surface area contributed by atoms with Gasteiger partial charge in [-0.15, -0.1) is 0 Å². The molecule has 4 aromatic rings. The molecule has 0 amide bonds. The summed E-state index contributed by atoms with van der Waals surface area (Å²) in [5.41, 5.74) is 3.76. The molecule has 0 aliphatic heterocycles. The molecule has 0 bridgehead atoms. The number of aromatic nitrogens is 2. The van der Waals surface area contributed by atoms with Gasteiger partial charge < -0.3 is 4.74 Å². The fourth-order valence-corrected chi connectivity index (χ4v) is 6.09. The van der Waals surface area contributed by atoms with Crippen LogP contribution in [0.4, 0.5) is 13.9 Å². The first-order valence-electron chi connectivity index (χ1n) is 12.0. The summed E-state index contributed by atoms with van der Waals surface area (Å²) in [5.74, 6) is -1.02. The first-order chi connectivity index (χ1) is 17.8. The Labute approximate surface area is 225 Å². The molecule has 2 aromatic heterocycles. The summed E-state index contributed by atoms with van der Waals surface area (Å²) >= 11 is 1.06. The van der Waals surface area contributed by atoms with Gasteiger partial charge in [0.25, 0.3) is 10.0 Å². The van der Waals surface area contributed by atoms with Crippen molar-refractivity contribution in [3.8, 4) is 27.4 Å². The van der Waals surface area contributed by atoms with Crippen LogP contribution in [0.1, 0.15) is 38.3 Å². The lowest BCUT2D eigenvalue weighted by atomic mass is 9.93. The lowest BCUT2D eigenvalue weighted by molar-refractivity contribution is 0.242.